The molecule has 9 nitrogen and oxygen atoms in total. The quantitative estimate of drug-likeness (QED) is 0.784. The van der Waals surface area contributed by atoms with Gasteiger partial charge in [-0.3, -0.25) is 14.9 Å². The topological polar surface area (TPSA) is 112 Å². The maximum atomic E-state index is 12.0. The Morgan fingerprint density at radius 2 is 2.13 bits per heavy atom. The summed E-state index contributed by atoms with van der Waals surface area (Å²) in [6.07, 6.45) is -0.00625. The highest BCUT2D eigenvalue weighted by atomic mass is 32.1. The summed E-state index contributed by atoms with van der Waals surface area (Å²) in [4.78, 5) is 41.4. The van der Waals surface area contributed by atoms with Crippen LogP contribution in [0.3, 0.4) is 0 Å². The molecule has 1 aliphatic heterocycles. The van der Waals surface area contributed by atoms with E-state index in [0.29, 0.717) is 37.1 Å². The van der Waals surface area contributed by atoms with Crippen LogP contribution in [0.2, 0.25) is 0 Å². The molecule has 10 heteroatoms. The third-order valence-corrected chi connectivity index (χ3v) is 4.00. The van der Waals surface area contributed by atoms with Crippen molar-refractivity contribution in [3.05, 3.63) is 11.1 Å². The van der Waals surface area contributed by atoms with Crippen molar-refractivity contribution in [3.63, 3.8) is 0 Å². The van der Waals surface area contributed by atoms with Gasteiger partial charge < -0.3 is 19.6 Å². The van der Waals surface area contributed by atoms with Crippen molar-refractivity contribution in [2.24, 2.45) is 0 Å². The van der Waals surface area contributed by atoms with E-state index in [-0.39, 0.29) is 24.9 Å². The first-order valence-electron chi connectivity index (χ1n) is 6.99. The first-order valence-corrected chi connectivity index (χ1v) is 7.87. The molecule has 0 bridgehead atoms. The molecule has 1 aromatic heterocycles. The highest BCUT2D eigenvalue weighted by Crippen LogP contribution is 2.17. The van der Waals surface area contributed by atoms with E-state index in [2.05, 4.69) is 10.3 Å². The molecule has 0 saturated carbocycles. The Kier molecular flexibility index (Phi) is 5.88. The molecule has 0 radical (unpaired) electrons. The Hall–Kier alpha value is -2.20. The molecule has 2 heterocycles. The lowest BCUT2D eigenvalue weighted by atomic mass is 10.3. The van der Waals surface area contributed by atoms with Crippen molar-refractivity contribution < 1.29 is 24.2 Å². The van der Waals surface area contributed by atoms with E-state index in [9.17, 15) is 14.4 Å². The number of thiazole rings is 1. The van der Waals surface area contributed by atoms with Crippen molar-refractivity contribution in [3.8, 4) is 0 Å². The molecule has 0 unspecified atom stereocenters. The van der Waals surface area contributed by atoms with Gasteiger partial charge in [0.15, 0.2) is 5.13 Å². The zero-order valence-electron chi connectivity index (χ0n) is 12.7. The molecule has 3 amide bonds. The van der Waals surface area contributed by atoms with Crippen LogP contribution in [-0.4, -0.2) is 77.7 Å². The smallest absolute Gasteiger partial charge is 0.323 e. The normalized spacial score (nSPS) is 14.4. The fraction of sp³-hybridized carbons (Fsp3) is 0.538. The van der Waals surface area contributed by atoms with Gasteiger partial charge in [0.1, 0.15) is 6.54 Å². The highest BCUT2D eigenvalue weighted by molar-refractivity contribution is 7.13. The summed E-state index contributed by atoms with van der Waals surface area (Å²) in [7, 11) is 1.42. The van der Waals surface area contributed by atoms with Crippen LogP contribution in [0, 0.1) is 0 Å². The fourth-order valence-electron chi connectivity index (χ4n) is 1.96. The Balaban J connectivity index is 1.86. The van der Waals surface area contributed by atoms with Gasteiger partial charge >= 0.3 is 12.0 Å². The van der Waals surface area contributed by atoms with Crippen LogP contribution in [0.5, 0.6) is 0 Å². The van der Waals surface area contributed by atoms with E-state index in [4.69, 9.17) is 9.84 Å². The molecule has 1 aromatic rings. The molecule has 0 aliphatic carbocycles. The summed E-state index contributed by atoms with van der Waals surface area (Å²) < 4.78 is 5.18. The van der Waals surface area contributed by atoms with E-state index < -0.39 is 5.97 Å². The minimum atomic E-state index is -1.07. The number of carboxylic acids is 1. The first-order chi connectivity index (χ1) is 11.0. The number of carbonyl (C=O) groups is 3. The number of amides is 3. The van der Waals surface area contributed by atoms with Crippen LogP contribution in [0.4, 0.5) is 9.93 Å². The molecule has 0 aromatic carbocycles. The van der Waals surface area contributed by atoms with Gasteiger partial charge in [0.05, 0.1) is 25.3 Å². The number of carbonyl (C=O) groups excluding carboxylic acids is 2. The third-order valence-electron chi connectivity index (χ3n) is 3.19. The van der Waals surface area contributed by atoms with Gasteiger partial charge in [-0.1, -0.05) is 0 Å². The number of nitrogens with one attached hydrogen (secondary N) is 1. The average Bonchev–Trinajstić information content (AvgIpc) is 2.94. The predicted octanol–water partition coefficient (Wildman–Crippen LogP) is 0.0927. The molecule has 2 rings (SSSR count). The fourth-order valence-corrected chi connectivity index (χ4v) is 2.66. The molecule has 0 atom stereocenters. The molecule has 0 spiro atoms. The van der Waals surface area contributed by atoms with Crippen molar-refractivity contribution in [1.82, 2.24) is 14.8 Å². The minimum absolute atomic E-state index is 0.00625. The highest BCUT2D eigenvalue weighted by Gasteiger charge is 2.19. The van der Waals surface area contributed by atoms with Crippen LogP contribution in [0.25, 0.3) is 0 Å². The number of carboxylic acid groups (broad SMARTS) is 1. The number of urea groups is 1. The van der Waals surface area contributed by atoms with Gasteiger partial charge in [-0.25, -0.2) is 9.78 Å². The van der Waals surface area contributed by atoms with Gasteiger partial charge in [-0.2, -0.15) is 0 Å². The second-order valence-electron chi connectivity index (χ2n) is 4.99. The second-order valence-corrected chi connectivity index (χ2v) is 5.85. The summed E-state index contributed by atoms with van der Waals surface area (Å²) in [6.45, 7) is 1.73. The Labute approximate surface area is 136 Å². The number of aromatic nitrogens is 1. The van der Waals surface area contributed by atoms with Gasteiger partial charge in [-0.15, -0.1) is 11.3 Å². The largest absolute Gasteiger partial charge is 0.480 e. The Morgan fingerprint density at radius 3 is 2.78 bits per heavy atom. The van der Waals surface area contributed by atoms with Crippen LogP contribution < -0.4 is 5.32 Å². The summed E-state index contributed by atoms with van der Waals surface area (Å²) in [5.41, 5.74) is 0.495. The molecule has 126 valence electrons. The lowest BCUT2D eigenvalue weighted by Crippen LogP contribution is -2.43. The van der Waals surface area contributed by atoms with Crippen LogP contribution in [0.1, 0.15) is 5.69 Å². The molecule has 1 fully saturated rings. The van der Waals surface area contributed by atoms with Crippen molar-refractivity contribution in [2.75, 3.05) is 45.2 Å². The number of hydrogen-bond donors (Lipinski definition) is 2. The van der Waals surface area contributed by atoms with Gasteiger partial charge in [0, 0.05) is 25.5 Å². The molecule has 23 heavy (non-hydrogen) atoms. The van der Waals surface area contributed by atoms with Gasteiger partial charge in [0.2, 0.25) is 5.91 Å². The summed E-state index contributed by atoms with van der Waals surface area (Å²) in [5, 5.41) is 13.4. The zero-order chi connectivity index (χ0) is 16.8. The number of aliphatic carboxylic acids is 1. The average molecular weight is 342 g/mol. The lowest BCUT2D eigenvalue weighted by Gasteiger charge is -2.26. The van der Waals surface area contributed by atoms with E-state index in [1.54, 1.807) is 10.3 Å². The Bertz CT molecular complexity index is 585. The molecule has 1 aliphatic rings. The first kappa shape index (κ1) is 17.2. The van der Waals surface area contributed by atoms with E-state index >= 15 is 0 Å². The third kappa shape index (κ3) is 5.18. The number of hydrogen-bond acceptors (Lipinski definition) is 6. The molecule has 2 N–H and O–H groups in total. The number of ether oxygens (including phenoxy) is 1. The van der Waals surface area contributed by atoms with Crippen LogP contribution in [-0.2, 0) is 20.7 Å². The van der Waals surface area contributed by atoms with Crippen molar-refractivity contribution in [2.45, 2.75) is 6.42 Å². The number of nitrogens with zero attached hydrogens (tertiary/aromatic N) is 3. The summed E-state index contributed by atoms with van der Waals surface area (Å²) in [5.74, 6) is -1.42. The standard InChI is InChI=1S/C13H18N4O5S/c1-16(7-11(19)20)10(18)6-9-8-23-12(14-9)15-13(21)17-2-4-22-5-3-17/h8H,2-7H2,1H3,(H,19,20)(H,14,15,21). The summed E-state index contributed by atoms with van der Waals surface area (Å²) >= 11 is 1.22. The van der Waals surface area contributed by atoms with Gasteiger partial charge in [0.25, 0.3) is 0 Å². The lowest BCUT2D eigenvalue weighted by molar-refractivity contribution is -0.143. The maximum absolute atomic E-state index is 12.0. The molecular weight excluding hydrogens is 324 g/mol. The number of rotatable bonds is 5. The van der Waals surface area contributed by atoms with Crippen molar-refractivity contribution in [1.29, 1.82) is 0 Å². The summed E-state index contributed by atoms with van der Waals surface area (Å²) in [6, 6.07) is -0.247. The molecular formula is C13H18N4O5S. The van der Waals surface area contributed by atoms with Crippen molar-refractivity contribution >= 4 is 34.4 Å². The van der Waals surface area contributed by atoms with E-state index in [0.717, 1.165) is 4.90 Å². The predicted molar refractivity (Wildman–Crippen MR) is 82.5 cm³/mol. The number of anilines is 1. The zero-order valence-corrected chi connectivity index (χ0v) is 13.5. The second kappa shape index (κ2) is 7.88. The van der Waals surface area contributed by atoms with Crippen LogP contribution in [0.15, 0.2) is 5.38 Å². The van der Waals surface area contributed by atoms with E-state index in [1.165, 1.54) is 18.4 Å². The molecule has 1 saturated heterocycles. The maximum Gasteiger partial charge on any atom is 0.323 e. The minimum Gasteiger partial charge on any atom is -0.480 e. The van der Waals surface area contributed by atoms with Crippen LogP contribution >= 0.6 is 11.3 Å². The Morgan fingerprint density at radius 1 is 1.43 bits per heavy atom. The van der Waals surface area contributed by atoms with E-state index in [1.807, 2.05) is 0 Å². The number of morpholine rings is 1. The monoisotopic (exact) mass is 342 g/mol. The van der Waals surface area contributed by atoms with Gasteiger partial charge in [-0.05, 0) is 0 Å². The SMILES string of the molecule is CN(CC(=O)O)C(=O)Cc1csc(NC(=O)N2CCOCC2)n1. The number of likely N-dealkylation sites (N-methyl/N-ethyl adjacent to an activating group) is 1.